The number of sulfonamides is 1. The Morgan fingerprint density at radius 1 is 0.978 bits per heavy atom. The first-order valence-corrected chi connectivity index (χ1v) is 16.8. The Labute approximate surface area is 264 Å². The van der Waals surface area contributed by atoms with E-state index in [0.717, 1.165) is 11.1 Å². The number of pyridine rings is 2. The molecule has 1 saturated carbocycles. The van der Waals surface area contributed by atoms with E-state index in [4.69, 9.17) is 0 Å². The molecule has 1 aromatic carbocycles. The second-order valence-electron chi connectivity index (χ2n) is 11.6. The van der Waals surface area contributed by atoms with Crippen LogP contribution in [0, 0.1) is 23.2 Å². The Kier molecular flexibility index (Phi) is 7.32. The van der Waals surface area contributed by atoms with Crippen LogP contribution in [0.3, 0.4) is 0 Å². The number of ketones is 1. The van der Waals surface area contributed by atoms with Crippen molar-refractivity contribution in [2.24, 2.45) is 11.8 Å². The molecule has 3 fully saturated rings. The van der Waals surface area contributed by atoms with Gasteiger partial charge in [-0.15, -0.1) is 11.3 Å². The van der Waals surface area contributed by atoms with Crippen molar-refractivity contribution in [1.29, 1.82) is 5.26 Å². The van der Waals surface area contributed by atoms with E-state index in [1.54, 1.807) is 71.5 Å². The molecule has 226 valence electrons. The SMILES string of the molecule is N#Cc1ccc(C(=O)C=C2NC(Cc3ccncc3)(Cc3ccncc3)C(=O)N2C2C3CN(S(=O)(=O)c4cccs4)CC32)cc1. The van der Waals surface area contributed by atoms with Crippen molar-refractivity contribution < 1.29 is 18.0 Å². The van der Waals surface area contributed by atoms with Gasteiger partial charge in [0.1, 0.15) is 15.6 Å². The summed E-state index contributed by atoms with van der Waals surface area (Å²) >= 11 is 1.19. The van der Waals surface area contributed by atoms with Crippen LogP contribution in [0.2, 0.25) is 0 Å². The van der Waals surface area contributed by atoms with E-state index in [1.165, 1.54) is 21.7 Å². The van der Waals surface area contributed by atoms with E-state index >= 15 is 0 Å². The Morgan fingerprint density at radius 3 is 2.11 bits per heavy atom. The van der Waals surface area contributed by atoms with Crippen LogP contribution >= 0.6 is 11.3 Å². The zero-order valence-electron chi connectivity index (χ0n) is 24.0. The molecule has 45 heavy (non-hydrogen) atoms. The van der Waals surface area contributed by atoms with Crippen molar-refractivity contribution in [3.8, 4) is 6.07 Å². The number of fused-ring (bicyclic) bond motifs is 1. The first-order chi connectivity index (χ1) is 21.8. The monoisotopic (exact) mass is 636 g/mol. The van der Waals surface area contributed by atoms with Crippen LogP contribution < -0.4 is 5.32 Å². The molecule has 2 saturated heterocycles. The van der Waals surface area contributed by atoms with Crippen molar-refractivity contribution >= 4 is 33.1 Å². The highest BCUT2D eigenvalue weighted by atomic mass is 32.2. The Hall–Kier alpha value is -4.70. The highest BCUT2D eigenvalue weighted by Gasteiger charge is 2.65. The number of thiophene rings is 1. The fourth-order valence-corrected chi connectivity index (χ4v) is 9.25. The molecule has 4 aromatic rings. The van der Waals surface area contributed by atoms with Crippen molar-refractivity contribution in [3.05, 3.63) is 125 Å². The topological polar surface area (TPSA) is 136 Å². The van der Waals surface area contributed by atoms with Crippen molar-refractivity contribution in [2.75, 3.05) is 13.1 Å². The smallest absolute Gasteiger partial charge is 0.254 e. The maximum Gasteiger partial charge on any atom is 0.254 e. The van der Waals surface area contributed by atoms with Gasteiger partial charge in [0.2, 0.25) is 0 Å². The summed E-state index contributed by atoms with van der Waals surface area (Å²) in [4.78, 5) is 38.2. The molecular weight excluding hydrogens is 609 g/mol. The fourth-order valence-electron chi connectivity index (χ4n) is 6.59. The Bertz CT molecular complexity index is 1870. The van der Waals surface area contributed by atoms with Crippen molar-refractivity contribution in [3.63, 3.8) is 0 Å². The molecule has 0 spiro atoms. The molecule has 0 bridgehead atoms. The van der Waals surface area contributed by atoms with Crippen LogP contribution in [0.5, 0.6) is 0 Å². The summed E-state index contributed by atoms with van der Waals surface area (Å²) in [7, 11) is -3.61. The lowest BCUT2D eigenvalue weighted by Crippen LogP contribution is -2.51. The summed E-state index contributed by atoms with van der Waals surface area (Å²) in [6, 6.07) is 19.0. The lowest BCUT2D eigenvalue weighted by molar-refractivity contribution is -0.132. The minimum absolute atomic E-state index is 0.0587. The third-order valence-corrected chi connectivity index (χ3v) is 12.0. The van der Waals surface area contributed by atoms with Gasteiger partial charge in [0.15, 0.2) is 5.78 Å². The lowest BCUT2D eigenvalue weighted by atomic mass is 9.85. The molecule has 2 unspecified atom stereocenters. The first kappa shape index (κ1) is 29.0. The van der Waals surface area contributed by atoms with Crippen LogP contribution in [-0.4, -0.2) is 64.0 Å². The number of benzene rings is 1. The molecule has 3 aliphatic rings. The predicted octanol–water partition coefficient (Wildman–Crippen LogP) is 3.41. The average molecular weight is 637 g/mol. The number of amides is 1. The Balaban J connectivity index is 1.24. The largest absolute Gasteiger partial charge is 0.357 e. The van der Waals surface area contributed by atoms with E-state index in [1.807, 2.05) is 24.3 Å². The predicted molar refractivity (Wildman–Crippen MR) is 166 cm³/mol. The number of piperidine rings is 1. The van der Waals surface area contributed by atoms with Gasteiger partial charge in [-0.1, -0.05) is 6.07 Å². The fraction of sp³-hybridized carbons (Fsp3) is 0.242. The van der Waals surface area contributed by atoms with Gasteiger partial charge in [0.25, 0.3) is 15.9 Å². The second kappa shape index (κ2) is 11.3. The molecule has 5 heterocycles. The van der Waals surface area contributed by atoms with E-state index in [-0.39, 0.29) is 29.6 Å². The van der Waals surface area contributed by atoms with Crippen LogP contribution in [0.1, 0.15) is 27.0 Å². The van der Waals surface area contributed by atoms with E-state index < -0.39 is 15.6 Å². The number of nitriles is 1. The van der Waals surface area contributed by atoms with Crippen LogP contribution in [0.25, 0.3) is 0 Å². The summed E-state index contributed by atoms with van der Waals surface area (Å²) in [5.74, 6) is -0.198. The van der Waals surface area contributed by atoms with Crippen molar-refractivity contribution in [2.45, 2.75) is 28.6 Å². The summed E-state index contributed by atoms with van der Waals surface area (Å²) in [5.41, 5.74) is 1.53. The molecule has 2 aliphatic heterocycles. The van der Waals surface area contributed by atoms with Gasteiger partial charge in [0, 0.05) is 80.2 Å². The van der Waals surface area contributed by atoms with Crippen LogP contribution in [0.4, 0.5) is 0 Å². The Morgan fingerprint density at radius 2 is 1.58 bits per heavy atom. The van der Waals surface area contributed by atoms with Crippen LogP contribution in [0.15, 0.2) is 107 Å². The van der Waals surface area contributed by atoms with Gasteiger partial charge in [-0.25, -0.2) is 8.42 Å². The molecule has 3 aromatic heterocycles. The summed E-state index contributed by atoms with van der Waals surface area (Å²) in [6.07, 6.45) is 8.89. The van der Waals surface area contributed by atoms with Crippen molar-refractivity contribution in [1.82, 2.24) is 24.5 Å². The summed E-state index contributed by atoms with van der Waals surface area (Å²) in [5, 5.41) is 14.4. The molecule has 1 amide bonds. The zero-order valence-corrected chi connectivity index (χ0v) is 25.6. The first-order valence-electron chi connectivity index (χ1n) is 14.5. The molecule has 7 rings (SSSR count). The number of aromatic nitrogens is 2. The lowest BCUT2D eigenvalue weighted by Gasteiger charge is -2.28. The number of hydrogen-bond acceptors (Lipinski definition) is 9. The average Bonchev–Trinajstić information content (AvgIpc) is 3.49. The van der Waals surface area contributed by atoms with Gasteiger partial charge in [-0.2, -0.15) is 9.57 Å². The van der Waals surface area contributed by atoms with E-state index in [9.17, 15) is 23.3 Å². The van der Waals surface area contributed by atoms with E-state index in [0.29, 0.717) is 47.1 Å². The quantitative estimate of drug-likeness (QED) is 0.218. The number of carbonyl (C=O) groups excluding carboxylic acids is 2. The van der Waals surface area contributed by atoms with Crippen LogP contribution in [-0.2, 0) is 27.7 Å². The number of carbonyl (C=O) groups is 2. The maximum absolute atomic E-state index is 14.7. The second-order valence-corrected chi connectivity index (χ2v) is 14.7. The minimum atomic E-state index is -3.61. The van der Waals surface area contributed by atoms with Gasteiger partial charge < -0.3 is 5.32 Å². The minimum Gasteiger partial charge on any atom is -0.357 e. The highest BCUT2D eigenvalue weighted by Crippen LogP contribution is 2.53. The number of allylic oxidation sites excluding steroid dienone is 1. The van der Waals surface area contributed by atoms with Gasteiger partial charge in [-0.3, -0.25) is 24.5 Å². The molecule has 1 N–H and O–H groups in total. The van der Waals surface area contributed by atoms with Gasteiger partial charge >= 0.3 is 0 Å². The van der Waals surface area contributed by atoms with Gasteiger partial charge in [0.05, 0.1) is 11.6 Å². The molecule has 0 radical (unpaired) electrons. The molecule has 10 nitrogen and oxygen atoms in total. The third-order valence-electron chi connectivity index (χ3n) is 8.83. The number of nitrogens with zero attached hydrogens (tertiary/aromatic N) is 5. The summed E-state index contributed by atoms with van der Waals surface area (Å²) < 4.78 is 28.3. The molecular formula is C33H28N6O4S2. The third kappa shape index (κ3) is 5.33. The van der Waals surface area contributed by atoms with Gasteiger partial charge in [-0.05, 0) is 71.1 Å². The molecule has 12 heteroatoms. The van der Waals surface area contributed by atoms with E-state index in [2.05, 4.69) is 21.4 Å². The molecule has 2 atom stereocenters. The standard InChI is InChI=1S/C33H28N6O4S2/c34-19-24-3-5-25(6-4-24)28(40)16-29-37-33(17-22-7-11-35-12-8-22,18-23-9-13-36-14-10-23)32(41)39(29)31-26-20-38(21-27(26)31)45(42,43)30-2-1-15-44-30/h1-16,26-27,31,37H,17-18,20-21H2. The normalized spacial score (nSPS) is 23.0. The highest BCUT2D eigenvalue weighted by molar-refractivity contribution is 7.91. The summed E-state index contributed by atoms with van der Waals surface area (Å²) in [6.45, 7) is 0.607. The molecule has 1 aliphatic carbocycles. The number of rotatable bonds is 9. The number of nitrogens with one attached hydrogen (secondary N) is 1. The maximum atomic E-state index is 14.7. The number of hydrogen-bond donors (Lipinski definition) is 1. The zero-order chi connectivity index (χ0) is 31.2.